The topological polar surface area (TPSA) is 57.7 Å². The Morgan fingerprint density at radius 3 is 2.04 bits per heavy atom. The van der Waals surface area contributed by atoms with E-state index < -0.39 is 10.0 Å². The van der Waals surface area contributed by atoms with Gasteiger partial charge in [0.15, 0.2) is 0 Å². The standard InChI is InChI=1S/C21H28N2O3S/c1-5-18-11-13-20(14-12-18)23(27(4,25)26)16-21(24)22(17(2)3)15-19-9-7-6-8-10-19/h6-14,17H,5,15-16H2,1-4H3. The first kappa shape index (κ1) is 21.0. The summed E-state index contributed by atoms with van der Waals surface area (Å²) in [6.07, 6.45) is 2.00. The smallest absolute Gasteiger partial charge is 0.243 e. The van der Waals surface area contributed by atoms with Crippen LogP contribution in [0.25, 0.3) is 0 Å². The number of carbonyl (C=O) groups excluding carboxylic acids is 1. The van der Waals surface area contributed by atoms with Crippen molar-refractivity contribution in [2.75, 3.05) is 17.1 Å². The van der Waals surface area contributed by atoms with Crippen molar-refractivity contribution in [3.05, 3.63) is 65.7 Å². The van der Waals surface area contributed by atoms with E-state index in [9.17, 15) is 13.2 Å². The van der Waals surface area contributed by atoms with Crippen molar-refractivity contribution in [3.63, 3.8) is 0 Å². The Morgan fingerprint density at radius 2 is 1.56 bits per heavy atom. The summed E-state index contributed by atoms with van der Waals surface area (Å²) in [4.78, 5) is 14.7. The van der Waals surface area contributed by atoms with Crippen LogP contribution in [0.3, 0.4) is 0 Å². The monoisotopic (exact) mass is 388 g/mol. The van der Waals surface area contributed by atoms with Crippen molar-refractivity contribution in [3.8, 4) is 0 Å². The Kier molecular flexibility index (Phi) is 7.02. The fourth-order valence-corrected chi connectivity index (χ4v) is 3.70. The first-order chi connectivity index (χ1) is 12.7. The lowest BCUT2D eigenvalue weighted by Gasteiger charge is -2.30. The van der Waals surface area contributed by atoms with Crippen molar-refractivity contribution in [1.29, 1.82) is 0 Å². The number of benzene rings is 2. The van der Waals surface area contributed by atoms with Gasteiger partial charge in [0.05, 0.1) is 11.9 Å². The summed E-state index contributed by atoms with van der Waals surface area (Å²) < 4.78 is 25.8. The molecule has 0 spiro atoms. The molecule has 6 heteroatoms. The molecule has 0 radical (unpaired) electrons. The van der Waals surface area contributed by atoms with Crippen LogP contribution in [-0.2, 0) is 27.8 Å². The third-order valence-electron chi connectivity index (χ3n) is 4.45. The molecule has 0 fully saturated rings. The number of nitrogens with zero attached hydrogens (tertiary/aromatic N) is 2. The van der Waals surface area contributed by atoms with E-state index in [0.717, 1.165) is 23.8 Å². The Morgan fingerprint density at radius 1 is 0.963 bits per heavy atom. The molecular weight excluding hydrogens is 360 g/mol. The second-order valence-corrected chi connectivity index (χ2v) is 8.80. The number of anilines is 1. The zero-order chi connectivity index (χ0) is 20.0. The highest BCUT2D eigenvalue weighted by Gasteiger charge is 2.25. The molecule has 1 amide bonds. The van der Waals surface area contributed by atoms with Gasteiger partial charge in [-0.25, -0.2) is 8.42 Å². The summed E-state index contributed by atoms with van der Waals surface area (Å²) in [5.41, 5.74) is 2.63. The quantitative estimate of drug-likeness (QED) is 0.696. The highest BCUT2D eigenvalue weighted by molar-refractivity contribution is 7.92. The molecule has 146 valence electrons. The van der Waals surface area contributed by atoms with Gasteiger partial charge in [-0.2, -0.15) is 0 Å². The summed E-state index contributed by atoms with van der Waals surface area (Å²) >= 11 is 0. The molecule has 27 heavy (non-hydrogen) atoms. The fourth-order valence-electron chi connectivity index (χ4n) is 2.85. The van der Waals surface area contributed by atoms with E-state index in [2.05, 4.69) is 0 Å². The van der Waals surface area contributed by atoms with Crippen LogP contribution in [0, 0.1) is 0 Å². The Bertz CT molecular complexity index is 847. The third kappa shape index (κ3) is 5.82. The molecule has 0 saturated carbocycles. The highest BCUT2D eigenvalue weighted by Crippen LogP contribution is 2.20. The van der Waals surface area contributed by atoms with E-state index in [-0.39, 0.29) is 18.5 Å². The van der Waals surface area contributed by atoms with E-state index in [1.54, 1.807) is 17.0 Å². The van der Waals surface area contributed by atoms with Crippen molar-refractivity contribution in [2.24, 2.45) is 0 Å². The molecular formula is C21H28N2O3S. The number of amides is 1. The molecule has 0 unspecified atom stereocenters. The molecule has 0 N–H and O–H groups in total. The lowest BCUT2D eigenvalue weighted by molar-refractivity contribution is -0.131. The van der Waals surface area contributed by atoms with Crippen LogP contribution in [-0.4, -0.2) is 38.1 Å². The first-order valence-electron chi connectivity index (χ1n) is 9.12. The number of sulfonamides is 1. The molecule has 0 atom stereocenters. The predicted octanol–water partition coefficient (Wildman–Crippen LogP) is 3.45. The zero-order valence-electron chi connectivity index (χ0n) is 16.4. The predicted molar refractivity (Wildman–Crippen MR) is 110 cm³/mol. The molecule has 5 nitrogen and oxygen atoms in total. The lowest BCUT2D eigenvalue weighted by Crippen LogP contribution is -2.45. The Balaban J connectivity index is 2.24. The molecule has 0 aliphatic carbocycles. The van der Waals surface area contributed by atoms with E-state index in [1.165, 1.54) is 4.31 Å². The molecule has 2 aromatic rings. The summed E-state index contributed by atoms with van der Waals surface area (Å²) in [5.74, 6) is -0.223. The van der Waals surface area contributed by atoms with Crippen molar-refractivity contribution in [1.82, 2.24) is 4.90 Å². The van der Waals surface area contributed by atoms with Gasteiger partial charge in [-0.1, -0.05) is 49.4 Å². The maximum Gasteiger partial charge on any atom is 0.243 e. The SMILES string of the molecule is CCc1ccc(N(CC(=O)N(Cc2ccccc2)C(C)C)S(C)(=O)=O)cc1. The van der Waals surface area contributed by atoms with Gasteiger partial charge in [-0.05, 0) is 43.5 Å². The number of aryl methyl sites for hydroxylation is 1. The van der Waals surface area contributed by atoms with Gasteiger partial charge in [0.25, 0.3) is 0 Å². The normalized spacial score (nSPS) is 11.4. The third-order valence-corrected chi connectivity index (χ3v) is 5.59. The van der Waals surface area contributed by atoms with Gasteiger partial charge in [-0.3, -0.25) is 9.10 Å². The summed E-state index contributed by atoms with van der Waals surface area (Å²) in [7, 11) is -3.58. The van der Waals surface area contributed by atoms with Crippen molar-refractivity contribution >= 4 is 21.6 Å². The van der Waals surface area contributed by atoms with Crippen LogP contribution >= 0.6 is 0 Å². The highest BCUT2D eigenvalue weighted by atomic mass is 32.2. The van der Waals surface area contributed by atoms with E-state index in [0.29, 0.717) is 12.2 Å². The second-order valence-electron chi connectivity index (χ2n) is 6.89. The summed E-state index contributed by atoms with van der Waals surface area (Å²) in [5, 5.41) is 0. The largest absolute Gasteiger partial charge is 0.334 e. The second kappa shape index (κ2) is 9.04. The Labute approximate surface area is 162 Å². The summed E-state index contributed by atoms with van der Waals surface area (Å²) in [6.45, 7) is 6.14. The minimum atomic E-state index is -3.58. The Hall–Kier alpha value is -2.34. The zero-order valence-corrected chi connectivity index (χ0v) is 17.2. The minimum Gasteiger partial charge on any atom is -0.334 e. The number of hydrogen-bond donors (Lipinski definition) is 0. The molecule has 0 saturated heterocycles. The van der Waals surface area contributed by atoms with Crippen molar-refractivity contribution in [2.45, 2.75) is 39.8 Å². The average molecular weight is 389 g/mol. The van der Waals surface area contributed by atoms with Crippen LogP contribution in [0.1, 0.15) is 31.9 Å². The lowest BCUT2D eigenvalue weighted by atomic mass is 10.1. The minimum absolute atomic E-state index is 0.0402. The maximum absolute atomic E-state index is 13.0. The molecule has 0 aliphatic heterocycles. The van der Waals surface area contributed by atoms with Gasteiger partial charge < -0.3 is 4.90 Å². The number of rotatable bonds is 8. The molecule has 0 heterocycles. The van der Waals surface area contributed by atoms with Gasteiger partial charge in [0, 0.05) is 12.6 Å². The average Bonchev–Trinajstić information content (AvgIpc) is 2.64. The van der Waals surface area contributed by atoms with Gasteiger partial charge in [-0.15, -0.1) is 0 Å². The molecule has 0 aromatic heterocycles. The van der Waals surface area contributed by atoms with E-state index >= 15 is 0 Å². The van der Waals surface area contributed by atoms with E-state index in [4.69, 9.17) is 0 Å². The molecule has 0 bridgehead atoms. The van der Waals surface area contributed by atoms with Crippen LogP contribution in [0.2, 0.25) is 0 Å². The van der Waals surface area contributed by atoms with Crippen LogP contribution in [0.4, 0.5) is 5.69 Å². The van der Waals surface area contributed by atoms with Crippen molar-refractivity contribution < 1.29 is 13.2 Å². The van der Waals surface area contributed by atoms with Gasteiger partial charge >= 0.3 is 0 Å². The van der Waals surface area contributed by atoms with Crippen LogP contribution in [0.5, 0.6) is 0 Å². The number of hydrogen-bond acceptors (Lipinski definition) is 3. The fraction of sp³-hybridized carbons (Fsp3) is 0.381. The number of carbonyl (C=O) groups is 1. The van der Waals surface area contributed by atoms with Crippen LogP contribution < -0.4 is 4.31 Å². The first-order valence-corrected chi connectivity index (χ1v) is 11.0. The maximum atomic E-state index is 13.0. The molecule has 0 aliphatic rings. The van der Waals surface area contributed by atoms with Crippen LogP contribution in [0.15, 0.2) is 54.6 Å². The van der Waals surface area contributed by atoms with E-state index in [1.807, 2.05) is 63.2 Å². The molecule has 2 aromatic carbocycles. The summed E-state index contributed by atoms with van der Waals surface area (Å²) in [6, 6.07) is 16.9. The van der Waals surface area contributed by atoms with Gasteiger partial charge in [0.1, 0.15) is 6.54 Å². The van der Waals surface area contributed by atoms with Gasteiger partial charge in [0.2, 0.25) is 15.9 Å². The molecule has 2 rings (SSSR count).